The molecule has 0 saturated heterocycles. The van der Waals surface area contributed by atoms with Gasteiger partial charge < -0.3 is 15.1 Å². The van der Waals surface area contributed by atoms with E-state index in [-0.39, 0.29) is 11.8 Å². The van der Waals surface area contributed by atoms with Crippen LogP contribution in [0.5, 0.6) is 0 Å². The number of benzene rings is 1. The lowest BCUT2D eigenvalue weighted by molar-refractivity contribution is -0.128. The highest BCUT2D eigenvalue weighted by Crippen LogP contribution is 2.06. The summed E-state index contributed by atoms with van der Waals surface area (Å²) in [5.41, 5.74) is 1.63. The van der Waals surface area contributed by atoms with Crippen LogP contribution in [0.25, 0.3) is 0 Å². The summed E-state index contributed by atoms with van der Waals surface area (Å²) >= 11 is 0. The molecule has 2 amide bonds. The Kier molecular flexibility index (Phi) is 6.88. The maximum atomic E-state index is 12.1. The average Bonchev–Trinajstić information content (AvgIpc) is 2.42. The minimum atomic E-state index is -0.0933. The zero-order valence-electron chi connectivity index (χ0n) is 13.3. The highest BCUT2D eigenvalue weighted by atomic mass is 16.2. The number of rotatable bonds is 7. The lowest BCUT2D eigenvalue weighted by Gasteiger charge is -2.23. The quantitative estimate of drug-likeness (QED) is 0.819. The van der Waals surface area contributed by atoms with Crippen LogP contribution in [0.4, 0.5) is 0 Å². The highest BCUT2D eigenvalue weighted by molar-refractivity contribution is 5.95. The minimum Gasteiger partial charge on any atom is -0.350 e. The lowest BCUT2D eigenvalue weighted by atomic mass is 10.1. The molecule has 0 aromatic heterocycles. The number of hydrogen-bond donors (Lipinski definition) is 1. The van der Waals surface area contributed by atoms with Crippen LogP contribution in [0, 0.1) is 6.92 Å². The van der Waals surface area contributed by atoms with Gasteiger partial charge in [-0.05, 0) is 32.6 Å². The summed E-state index contributed by atoms with van der Waals surface area (Å²) in [6, 6.07) is 7.47. The molecule has 0 aliphatic rings. The van der Waals surface area contributed by atoms with Crippen LogP contribution in [0.3, 0.4) is 0 Å². The molecule has 5 nitrogen and oxygen atoms in total. The SMILES string of the molecule is CC(=O)N(CCNC(=O)c1ccccc1C)CCN(C)C. The summed E-state index contributed by atoms with van der Waals surface area (Å²) in [6.45, 7) is 5.93. The van der Waals surface area contributed by atoms with E-state index in [4.69, 9.17) is 0 Å². The second kappa shape index (κ2) is 8.42. The molecule has 0 radical (unpaired) electrons. The van der Waals surface area contributed by atoms with Gasteiger partial charge in [-0.3, -0.25) is 9.59 Å². The van der Waals surface area contributed by atoms with Gasteiger partial charge in [0.25, 0.3) is 5.91 Å². The van der Waals surface area contributed by atoms with E-state index in [1.807, 2.05) is 44.1 Å². The summed E-state index contributed by atoms with van der Waals surface area (Å²) in [5, 5.41) is 2.87. The molecule has 0 atom stereocenters. The van der Waals surface area contributed by atoms with Crippen LogP contribution in [-0.2, 0) is 4.79 Å². The first-order valence-electron chi connectivity index (χ1n) is 7.16. The Labute approximate surface area is 126 Å². The molecule has 1 N–H and O–H groups in total. The second-order valence-corrected chi connectivity index (χ2v) is 5.38. The maximum Gasteiger partial charge on any atom is 0.251 e. The van der Waals surface area contributed by atoms with E-state index >= 15 is 0 Å². The monoisotopic (exact) mass is 291 g/mol. The van der Waals surface area contributed by atoms with Crippen molar-refractivity contribution in [1.82, 2.24) is 15.1 Å². The fraction of sp³-hybridized carbons (Fsp3) is 0.500. The molecule has 21 heavy (non-hydrogen) atoms. The Morgan fingerprint density at radius 3 is 2.33 bits per heavy atom. The van der Waals surface area contributed by atoms with Gasteiger partial charge in [0.2, 0.25) is 5.91 Å². The summed E-state index contributed by atoms with van der Waals surface area (Å²) in [5.74, 6) is -0.0637. The van der Waals surface area contributed by atoms with Crippen LogP contribution in [0.15, 0.2) is 24.3 Å². The Bertz CT molecular complexity index is 486. The van der Waals surface area contributed by atoms with Crippen LogP contribution in [0.1, 0.15) is 22.8 Å². The van der Waals surface area contributed by atoms with Gasteiger partial charge in [-0.1, -0.05) is 18.2 Å². The first kappa shape index (κ1) is 17.2. The number of nitrogens with one attached hydrogen (secondary N) is 1. The first-order chi connectivity index (χ1) is 9.91. The third-order valence-corrected chi connectivity index (χ3v) is 3.32. The van der Waals surface area contributed by atoms with E-state index in [2.05, 4.69) is 5.32 Å². The van der Waals surface area contributed by atoms with Crippen molar-refractivity contribution in [3.05, 3.63) is 35.4 Å². The molecule has 0 unspecified atom stereocenters. The van der Waals surface area contributed by atoms with E-state index in [1.54, 1.807) is 17.9 Å². The van der Waals surface area contributed by atoms with E-state index in [0.717, 1.165) is 12.1 Å². The van der Waals surface area contributed by atoms with Crippen molar-refractivity contribution >= 4 is 11.8 Å². The van der Waals surface area contributed by atoms with Crippen molar-refractivity contribution in [2.45, 2.75) is 13.8 Å². The number of aryl methyl sites for hydroxylation is 1. The molecule has 0 aliphatic carbocycles. The van der Waals surface area contributed by atoms with Gasteiger partial charge in [0, 0.05) is 38.7 Å². The van der Waals surface area contributed by atoms with Crippen molar-refractivity contribution in [3.8, 4) is 0 Å². The third kappa shape index (κ3) is 5.95. The number of amides is 2. The molecule has 0 saturated carbocycles. The number of likely N-dealkylation sites (N-methyl/N-ethyl adjacent to an activating group) is 1. The average molecular weight is 291 g/mol. The van der Waals surface area contributed by atoms with Gasteiger partial charge in [0.15, 0.2) is 0 Å². The van der Waals surface area contributed by atoms with Crippen LogP contribution < -0.4 is 5.32 Å². The molecular weight excluding hydrogens is 266 g/mol. The Hall–Kier alpha value is -1.88. The smallest absolute Gasteiger partial charge is 0.251 e. The lowest BCUT2D eigenvalue weighted by Crippen LogP contribution is -2.40. The van der Waals surface area contributed by atoms with Gasteiger partial charge >= 0.3 is 0 Å². The highest BCUT2D eigenvalue weighted by Gasteiger charge is 2.11. The van der Waals surface area contributed by atoms with Crippen molar-refractivity contribution in [2.24, 2.45) is 0 Å². The molecule has 0 aliphatic heterocycles. The van der Waals surface area contributed by atoms with Gasteiger partial charge in [0.1, 0.15) is 0 Å². The number of carbonyl (C=O) groups excluding carboxylic acids is 2. The molecule has 1 aromatic rings. The summed E-state index contributed by atoms with van der Waals surface area (Å²) in [6.07, 6.45) is 0. The molecule has 0 fully saturated rings. The Morgan fingerprint density at radius 2 is 1.76 bits per heavy atom. The van der Waals surface area contributed by atoms with Crippen molar-refractivity contribution in [3.63, 3.8) is 0 Å². The predicted molar refractivity (Wildman–Crippen MR) is 84.3 cm³/mol. The van der Waals surface area contributed by atoms with E-state index in [9.17, 15) is 9.59 Å². The van der Waals surface area contributed by atoms with Crippen LogP contribution >= 0.6 is 0 Å². The fourth-order valence-electron chi connectivity index (χ4n) is 1.97. The Morgan fingerprint density at radius 1 is 1.10 bits per heavy atom. The molecule has 116 valence electrons. The van der Waals surface area contributed by atoms with Gasteiger partial charge in [-0.25, -0.2) is 0 Å². The number of carbonyl (C=O) groups is 2. The molecule has 1 rings (SSSR count). The molecule has 1 aromatic carbocycles. The van der Waals surface area contributed by atoms with Crippen molar-refractivity contribution < 1.29 is 9.59 Å². The second-order valence-electron chi connectivity index (χ2n) is 5.38. The van der Waals surface area contributed by atoms with E-state index < -0.39 is 0 Å². The Balaban J connectivity index is 2.45. The van der Waals surface area contributed by atoms with Gasteiger partial charge in [-0.2, -0.15) is 0 Å². The summed E-state index contributed by atoms with van der Waals surface area (Å²) in [7, 11) is 3.94. The summed E-state index contributed by atoms with van der Waals surface area (Å²) < 4.78 is 0. The first-order valence-corrected chi connectivity index (χ1v) is 7.16. The van der Waals surface area contributed by atoms with Gasteiger partial charge in [-0.15, -0.1) is 0 Å². The molecule has 0 heterocycles. The van der Waals surface area contributed by atoms with Gasteiger partial charge in [0.05, 0.1) is 0 Å². The third-order valence-electron chi connectivity index (χ3n) is 3.32. The number of nitrogens with zero attached hydrogens (tertiary/aromatic N) is 2. The maximum absolute atomic E-state index is 12.1. The molecule has 0 spiro atoms. The molecule has 5 heteroatoms. The zero-order chi connectivity index (χ0) is 15.8. The number of hydrogen-bond acceptors (Lipinski definition) is 3. The standard InChI is InChI=1S/C16H25N3O2/c1-13-7-5-6-8-15(13)16(21)17-9-10-19(14(2)20)12-11-18(3)4/h5-8H,9-12H2,1-4H3,(H,17,21). The minimum absolute atomic E-state index is 0.0296. The molecular formula is C16H25N3O2. The van der Waals surface area contributed by atoms with Crippen LogP contribution in [-0.4, -0.2) is 61.9 Å². The van der Waals surface area contributed by atoms with E-state index in [0.29, 0.717) is 25.2 Å². The predicted octanol–water partition coefficient (Wildman–Crippen LogP) is 1.13. The fourth-order valence-corrected chi connectivity index (χ4v) is 1.97. The topological polar surface area (TPSA) is 52.7 Å². The largest absolute Gasteiger partial charge is 0.350 e. The normalized spacial score (nSPS) is 10.5. The van der Waals surface area contributed by atoms with Crippen LogP contribution in [0.2, 0.25) is 0 Å². The van der Waals surface area contributed by atoms with Crippen molar-refractivity contribution in [2.75, 3.05) is 40.3 Å². The van der Waals surface area contributed by atoms with E-state index in [1.165, 1.54) is 0 Å². The summed E-state index contributed by atoms with van der Waals surface area (Å²) in [4.78, 5) is 27.4. The molecule has 0 bridgehead atoms. The zero-order valence-corrected chi connectivity index (χ0v) is 13.3. The van der Waals surface area contributed by atoms with Crippen molar-refractivity contribution in [1.29, 1.82) is 0 Å².